The number of anilines is 1. The summed E-state index contributed by atoms with van der Waals surface area (Å²) in [5, 5.41) is 3.48. The Morgan fingerprint density at radius 3 is 2.67 bits per heavy atom. The van der Waals surface area contributed by atoms with E-state index in [0.717, 1.165) is 30.9 Å². The summed E-state index contributed by atoms with van der Waals surface area (Å²) in [4.78, 5) is 0. The van der Waals surface area contributed by atoms with Crippen LogP contribution in [0, 0.1) is 0 Å². The molecule has 1 N–H and O–H groups in total. The van der Waals surface area contributed by atoms with Gasteiger partial charge in [-0.25, -0.2) is 0 Å². The summed E-state index contributed by atoms with van der Waals surface area (Å²) in [5.74, 6) is 1.65. The van der Waals surface area contributed by atoms with Gasteiger partial charge in [0.1, 0.15) is 6.10 Å². The Hall–Kier alpha value is -2.16. The van der Waals surface area contributed by atoms with Crippen LogP contribution < -0.4 is 14.8 Å². The Morgan fingerprint density at radius 2 is 1.81 bits per heavy atom. The molecule has 3 nitrogen and oxygen atoms in total. The van der Waals surface area contributed by atoms with E-state index in [1.807, 2.05) is 31.2 Å². The lowest BCUT2D eigenvalue weighted by Crippen LogP contribution is -2.25. The Bertz CT molecular complexity index is 570. The minimum atomic E-state index is 0.152. The molecule has 1 heterocycles. The van der Waals surface area contributed by atoms with Crippen LogP contribution in [0.15, 0.2) is 48.5 Å². The maximum atomic E-state index is 6.16. The molecule has 2 aromatic carbocycles. The molecular formula is C18H21NO2. The monoisotopic (exact) mass is 283 g/mol. The van der Waals surface area contributed by atoms with Crippen LogP contribution in [0.4, 0.5) is 5.69 Å². The lowest BCUT2D eigenvalue weighted by molar-refractivity contribution is 0.193. The van der Waals surface area contributed by atoms with Crippen molar-refractivity contribution in [2.24, 2.45) is 0 Å². The summed E-state index contributed by atoms with van der Waals surface area (Å²) in [6.45, 7) is 3.45. The van der Waals surface area contributed by atoms with Crippen molar-refractivity contribution in [2.45, 2.75) is 25.9 Å². The van der Waals surface area contributed by atoms with Crippen LogP contribution in [0.5, 0.6) is 11.5 Å². The van der Waals surface area contributed by atoms with Crippen LogP contribution in [-0.4, -0.2) is 19.3 Å². The van der Waals surface area contributed by atoms with E-state index in [9.17, 15) is 0 Å². The van der Waals surface area contributed by atoms with Gasteiger partial charge in [0, 0.05) is 5.69 Å². The topological polar surface area (TPSA) is 30.5 Å². The van der Waals surface area contributed by atoms with E-state index in [4.69, 9.17) is 9.47 Å². The first-order valence-corrected chi connectivity index (χ1v) is 7.57. The van der Waals surface area contributed by atoms with Crippen LogP contribution in [0.3, 0.4) is 0 Å². The molecule has 0 spiro atoms. The highest BCUT2D eigenvalue weighted by atomic mass is 16.5. The van der Waals surface area contributed by atoms with Crippen molar-refractivity contribution in [3.8, 4) is 11.5 Å². The number of ether oxygens (including phenoxy) is 2. The van der Waals surface area contributed by atoms with E-state index in [1.165, 1.54) is 11.3 Å². The molecule has 110 valence electrons. The first-order chi connectivity index (χ1) is 10.4. The van der Waals surface area contributed by atoms with Crippen LogP contribution in [0.2, 0.25) is 0 Å². The third-order valence-electron chi connectivity index (χ3n) is 3.72. The number of rotatable bonds is 4. The van der Waals surface area contributed by atoms with Crippen molar-refractivity contribution in [3.63, 3.8) is 0 Å². The van der Waals surface area contributed by atoms with Crippen LogP contribution in [-0.2, 0) is 6.42 Å². The van der Waals surface area contributed by atoms with Crippen molar-refractivity contribution in [1.82, 2.24) is 0 Å². The molecule has 0 saturated carbocycles. The average Bonchev–Trinajstić information content (AvgIpc) is 2.72. The molecule has 3 rings (SSSR count). The second-order valence-corrected chi connectivity index (χ2v) is 5.20. The van der Waals surface area contributed by atoms with Gasteiger partial charge >= 0.3 is 0 Å². The van der Waals surface area contributed by atoms with E-state index in [0.29, 0.717) is 6.61 Å². The molecule has 1 atom stereocenters. The maximum absolute atomic E-state index is 6.16. The van der Waals surface area contributed by atoms with Crippen LogP contribution in [0.1, 0.15) is 18.9 Å². The quantitative estimate of drug-likeness (QED) is 0.923. The van der Waals surface area contributed by atoms with E-state index in [1.54, 1.807) is 0 Å². The number of nitrogens with one attached hydrogen (secondary N) is 1. The molecule has 0 aromatic heterocycles. The fourth-order valence-electron chi connectivity index (χ4n) is 2.66. The molecule has 2 aromatic rings. The maximum Gasteiger partial charge on any atom is 0.161 e. The van der Waals surface area contributed by atoms with E-state index >= 15 is 0 Å². The fourth-order valence-corrected chi connectivity index (χ4v) is 2.66. The summed E-state index contributed by atoms with van der Waals surface area (Å²) >= 11 is 0. The molecule has 0 aliphatic carbocycles. The molecule has 1 aliphatic rings. The van der Waals surface area contributed by atoms with Gasteiger partial charge in [-0.3, -0.25) is 0 Å². The SMILES string of the molecule is CCOc1ccccc1OC1CCc2ccccc2NC1. The molecule has 0 bridgehead atoms. The molecule has 0 saturated heterocycles. The van der Waals surface area contributed by atoms with Crippen molar-refractivity contribution in [1.29, 1.82) is 0 Å². The summed E-state index contributed by atoms with van der Waals surface area (Å²) < 4.78 is 11.8. The van der Waals surface area contributed by atoms with Gasteiger partial charge in [0.05, 0.1) is 13.2 Å². The zero-order chi connectivity index (χ0) is 14.5. The molecule has 1 aliphatic heterocycles. The molecule has 0 amide bonds. The molecule has 1 unspecified atom stereocenters. The van der Waals surface area contributed by atoms with Gasteiger partial charge in [-0.05, 0) is 43.5 Å². The van der Waals surface area contributed by atoms with E-state index in [2.05, 4.69) is 29.6 Å². The standard InChI is InChI=1S/C18H21NO2/c1-2-20-17-9-5-6-10-18(17)21-15-12-11-14-7-3-4-8-16(14)19-13-15/h3-10,15,19H,2,11-13H2,1H3. The largest absolute Gasteiger partial charge is 0.490 e. The number of benzene rings is 2. The first kappa shape index (κ1) is 13.8. The van der Waals surface area contributed by atoms with Crippen LogP contribution >= 0.6 is 0 Å². The fraction of sp³-hybridized carbons (Fsp3) is 0.333. The Labute approximate surface area is 125 Å². The van der Waals surface area contributed by atoms with Crippen LogP contribution in [0.25, 0.3) is 0 Å². The second kappa shape index (κ2) is 6.53. The summed E-state index contributed by atoms with van der Waals surface area (Å²) in [6, 6.07) is 16.4. The number of hydrogen-bond acceptors (Lipinski definition) is 3. The zero-order valence-electron chi connectivity index (χ0n) is 12.3. The lowest BCUT2D eigenvalue weighted by Gasteiger charge is -2.19. The van der Waals surface area contributed by atoms with Gasteiger partial charge < -0.3 is 14.8 Å². The highest BCUT2D eigenvalue weighted by Crippen LogP contribution is 2.29. The van der Waals surface area contributed by atoms with Crippen molar-refractivity contribution >= 4 is 5.69 Å². The van der Waals surface area contributed by atoms with Crippen molar-refractivity contribution in [3.05, 3.63) is 54.1 Å². The summed E-state index contributed by atoms with van der Waals surface area (Å²) in [6.07, 6.45) is 2.19. The van der Waals surface area contributed by atoms with E-state index in [-0.39, 0.29) is 6.10 Å². The normalized spacial score (nSPS) is 17.3. The molecule has 21 heavy (non-hydrogen) atoms. The third kappa shape index (κ3) is 3.30. The number of aryl methyl sites for hydroxylation is 1. The smallest absolute Gasteiger partial charge is 0.161 e. The van der Waals surface area contributed by atoms with E-state index < -0.39 is 0 Å². The predicted molar refractivity (Wildman–Crippen MR) is 85.3 cm³/mol. The Morgan fingerprint density at radius 1 is 1.05 bits per heavy atom. The number of hydrogen-bond donors (Lipinski definition) is 1. The highest BCUT2D eigenvalue weighted by molar-refractivity contribution is 5.52. The van der Waals surface area contributed by atoms with Gasteiger partial charge in [-0.1, -0.05) is 30.3 Å². The van der Waals surface area contributed by atoms with Gasteiger partial charge in [-0.2, -0.15) is 0 Å². The van der Waals surface area contributed by atoms with Gasteiger partial charge in [0.15, 0.2) is 11.5 Å². The minimum absolute atomic E-state index is 0.152. The van der Waals surface area contributed by atoms with Crippen molar-refractivity contribution in [2.75, 3.05) is 18.5 Å². The highest BCUT2D eigenvalue weighted by Gasteiger charge is 2.18. The Balaban J connectivity index is 1.70. The third-order valence-corrected chi connectivity index (χ3v) is 3.72. The van der Waals surface area contributed by atoms with Gasteiger partial charge in [0.25, 0.3) is 0 Å². The molecule has 0 radical (unpaired) electrons. The summed E-state index contributed by atoms with van der Waals surface area (Å²) in [7, 11) is 0. The molecular weight excluding hydrogens is 262 g/mol. The number of para-hydroxylation sites is 3. The second-order valence-electron chi connectivity index (χ2n) is 5.20. The predicted octanol–water partition coefficient (Wildman–Crippen LogP) is 3.89. The summed E-state index contributed by atoms with van der Waals surface area (Å²) in [5.41, 5.74) is 2.59. The zero-order valence-corrected chi connectivity index (χ0v) is 12.3. The minimum Gasteiger partial charge on any atom is -0.490 e. The lowest BCUT2D eigenvalue weighted by atomic mass is 10.1. The molecule has 0 fully saturated rings. The van der Waals surface area contributed by atoms with Gasteiger partial charge in [-0.15, -0.1) is 0 Å². The number of fused-ring (bicyclic) bond motifs is 1. The average molecular weight is 283 g/mol. The van der Waals surface area contributed by atoms with Gasteiger partial charge in [0.2, 0.25) is 0 Å². The first-order valence-electron chi connectivity index (χ1n) is 7.57. The molecule has 3 heteroatoms. The Kier molecular flexibility index (Phi) is 4.29. The van der Waals surface area contributed by atoms with Crippen molar-refractivity contribution < 1.29 is 9.47 Å².